The van der Waals surface area contributed by atoms with E-state index in [1.165, 1.54) is 12.8 Å². The van der Waals surface area contributed by atoms with Gasteiger partial charge in [0.05, 0.1) is 11.8 Å². The standard InChI is InChI=1S/C24H29N7S/c1-4-6-19-20(26-3)11-21(30-23-27-14-15(2)32-23)29-22(19)28-16-9-17-12-24(7-5-8-25)13-18(10-16)31(17)24/h4,6,11,14,16-18H,3,5,7,9-10,12-13H2,1-2H3,(H2,27,28,29,30)/b6-4-/t16?,17-,18+,24?. The van der Waals surface area contributed by atoms with Crippen molar-refractivity contribution in [1.29, 1.82) is 5.26 Å². The van der Waals surface area contributed by atoms with E-state index >= 15 is 0 Å². The molecule has 8 heteroatoms. The van der Waals surface area contributed by atoms with Gasteiger partial charge in [-0.15, -0.1) is 11.3 Å². The van der Waals surface area contributed by atoms with Crippen molar-refractivity contribution in [3.8, 4) is 6.07 Å². The molecule has 3 aliphatic rings. The lowest BCUT2D eigenvalue weighted by molar-refractivity contribution is -0.222. The molecule has 0 aromatic carbocycles. The molecule has 0 amide bonds. The van der Waals surface area contributed by atoms with Crippen molar-refractivity contribution in [1.82, 2.24) is 14.9 Å². The first kappa shape index (κ1) is 21.1. The van der Waals surface area contributed by atoms with E-state index in [1.807, 2.05) is 38.3 Å². The maximum atomic E-state index is 8.99. The van der Waals surface area contributed by atoms with Gasteiger partial charge in [-0.1, -0.05) is 12.2 Å². The van der Waals surface area contributed by atoms with Crippen LogP contribution >= 0.6 is 11.3 Å². The molecule has 3 aliphatic heterocycles. The number of nitriles is 1. The van der Waals surface area contributed by atoms with E-state index in [9.17, 15) is 0 Å². The van der Waals surface area contributed by atoms with E-state index in [2.05, 4.69) is 38.3 Å². The molecule has 5 rings (SSSR count). The predicted molar refractivity (Wildman–Crippen MR) is 131 cm³/mol. The molecule has 0 radical (unpaired) electrons. The maximum Gasteiger partial charge on any atom is 0.188 e. The zero-order valence-corrected chi connectivity index (χ0v) is 19.5. The summed E-state index contributed by atoms with van der Waals surface area (Å²) in [5.41, 5.74) is 2.10. The van der Waals surface area contributed by atoms with E-state index in [1.54, 1.807) is 11.3 Å². The number of hydrogen-bond acceptors (Lipinski definition) is 8. The third kappa shape index (κ3) is 3.59. The molecule has 2 aromatic heterocycles. The average Bonchev–Trinajstić information content (AvgIpc) is 3.15. The number of rotatable bonds is 8. The maximum absolute atomic E-state index is 8.99. The number of thiazole rings is 1. The molecule has 5 heterocycles. The van der Waals surface area contributed by atoms with Crippen molar-refractivity contribution in [2.75, 3.05) is 10.6 Å². The fourth-order valence-corrected chi connectivity index (χ4v) is 6.67. The number of allylic oxidation sites excluding steroid dienone is 1. The minimum Gasteiger partial charge on any atom is -0.367 e. The van der Waals surface area contributed by atoms with Crippen LogP contribution < -0.4 is 10.6 Å². The molecule has 2 N–H and O–H groups in total. The van der Waals surface area contributed by atoms with Crippen molar-refractivity contribution < 1.29 is 0 Å². The number of aliphatic imine (C=N–C) groups is 1. The third-order valence-corrected chi connectivity index (χ3v) is 7.95. The van der Waals surface area contributed by atoms with Crippen molar-refractivity contribution in [2.24, 2.45) is 4.99 Å². The van der Waals surface area contributed by atoms with Crippen LogP contribution in [-0.4, -0.2) is 45.2 Å². The fourth-order valence-electron chi connectivity index (χ4n) is 6.00. The van der Waals surface area contributed by atoms with Crippen LogP contribution in [-0.2, 0) is 0 Å². The van der Waals surface area contributed by atoms with Crippen LogP contribution in [0.25, 0.3) is 6.08 Å². The smallest absolute Gasteiger partial charge is 0.188 e. The van der Waals surface area contributed by atoms with E-state index in [-0.39, 0.29) is 0 Å². The summed E-state index contributed by atoms with van der Waals surface area (Å²) in [5, 5.41) is 16.9. The van der Waals surface area contributed by atoms with Gasteiger partial charge < -0.3 is 10.6 Å². The average molecular weight is 448 g/mol. The summed E-state index contributed by atoms with van der Waals surface area (Å²) < 4.78 is 0. The lowest BCUT2D eigenvalue weighted by Crippen LogP contribution is -2.81. The Morgan fingerprint density at radius 3 is 2.81 bits per heavy atom. The van der Waals surface area contributed by atoms with Crippen LogP contribution in [0, 0.1) is 18.3 Å². The second-order valence-electron chi connectivity index (χ2n) is 9.17. The summed E-state index contributed by atoms with van der Waals surface area (Å²) >= 11 is 1.60. The number of aromatic nitrogens is 2. The normalized spacial score (nSPS) is 28.3. The quantitative estimate of drug-likeness (QED) is 0.525. The van der Waals surface area contributed by atoms with Gasteiger partial charge in [0.15, 0.2) is 5.13 Å². The van der Waals surface area contributed by atoms with Crippen molar-refractivity contribution >= 4 is 46.6 Å². The molecule has 0 aliphatic carbocycles. The lowest BCUT2D eigenvalue weighted by Gasteiger charge is -2.74. The summed E-state index contributed by atoms with van der Waals surface area (Å²) in [5.74, 6) is 1.56. The first-order chi connectivity index (χ1) is 15.5. The highest BCUT2D eigenvalue weighted by molar-refractivity contribution is 7.15. The van der Waals surface area contributed by atoms with E-state index in [0.717, 1.165) is 52.2 Å². The minimum atomic E-state index is 0.333. The van der Waals surface area contributed by atoms with Crippen LogP contribution in [0.4, 0.5) is 22.5 Å². The Morgan fingerprint density at radius 2 is 2.19 bits per heavy atom. The zero-order valence-electron chi connectivity index (χ0n) is 18.6. The summed E-state index contributed by atoms with van der Waals surface area (Å²) in [6, 6.07) is 5.88. The number of nitrogens with one attached hydrogen (secondary N) is 2. The minimum absolute atomic E-state index is 0.333. The third-order valence-electron chi connectivity index (χ3n) is 7.12. The molecule has 32 heavy (non-hydrogen) atoms. The lowest BCUT2D eigenvalue weighted by atomic mass is 9.57. The van der Waals surface area contributed by atoms with Crippen molar-refractivity contribution in [2.45, 2.75) is 76.0 Å². The number of nitrogens with zero attached hydrogens (tertiary/aromatic N) is 5. The Hall–Kier alpha value is -2.76. The number of hydrogen-bond donors (Lipinski definition) is 2. The van der Waals surface area contributed by atoms with Gasteiger partial charge in [-0.2, -0.15) is 5.26 Å². The predicted octanol–water partition coefficient (Wildman–Crippen LogP) is 5.42. The molecule has 3 fully saturated rings. The van der Waals surface area contributed by atoms with Gasteiger partial charge >= 0.3 is 0 Å². The highest BCUT2D eigenvalue weighted by atomic mass is 32.1. The highest BCUT2D eigenvalue weighted by Gasteiger charge is 2.64. The van der Waals surface area contributed by atoms with Crippen LogP contribution in [0.5, 0.6) is 0 Å². The molecule has 0 spiro atoms. The van der Waals surface area contributed by atoms with E-state index in [4.69, 9.17) is 10.2 Å². The second-order valence-corrected chi connectivity index (χ2v) is 10.4. The fraction of sp³-hybridized carbons (Fsp3) is 0.500. The molecular weight excluding hydrogens is 418 g/mol. The van der Waals surface area contributed by atoms with Gasteiger partial charge in [0.2, 0.25) is 0 Å². The van der Waals surface area contributed by atoms with Crippen LogP contribution in [0.2, 0.25) is 0 Å². The van der Waals surface area contributed by atoms with Crippen molar-refractivity contribution in [3.63, 3.8) is 0 Å². The summed E-state index contributed by atoms with van der Waals surface area (Å²) in [4.78, 5) is 17.4. The van der Waals surface area contributed by atoms with Crippen LogP contribution in [0.1, 0.15) is 55.9 Å². The Labute approximate surface area is 193 Å². The molecule has 166 valence electrons. The molecular formula is C24H29N7S. The van der Waals surface area contributed by atoms with Gasteiger partial charge in [0, 0.05) is 52.8 Å². The molecule has 2 aromatic rings. The van der Waals surface area contributed by atoms with Gasteiger partial charge in [0.1, 0.15) is 11.6 Å². The Kier molecular flexibility index (Phi) is 5.48. The number of aryl methyl sites for hydroxylation is 1. The Balaban J connectivity index is 1.35. The molecule has 2 unspecified atom stereocenters. The molecule has 0 saturated carbocycles. The first-order valence-corrected chi connectivity index (χ1v) is 12.1. The van der Waals surface area contributed by atoms with Gasteiger partial charge in [-0.3, -0.25) is 9.89 Å². The second kappa shape index (κ2) is 8.30. The Morgan fingerprint density at radius 1 is 1.41 bits per heavy atom. The van der Waals surface area contributed by atoms with Crippen LogP contribution in [0.3, 0.4) is 0 Å². The van der Waals surface area contributed by atoms with E-state index < -0.39 is 0 Å². The SMILES string of the molecule is C=Nc1cc(Nc2ncc(C)s2)nc(NC2C[C@@H]3CC4(CCC#N)C[C@H](C2)N34)c1/C=C\C. The number of pyridine rings is 1. The summed E-state index contributed by atoms with van der Waals surface area (Å²) in [6.45, 7) is 7.83. The topological polar surface area (TPSA) is 89.2 Å². The number of piperidine rings is 2. The molecule has 0 bridgehead atoms. The zero-order chi connectivity index (χ0) is 22.3. The summed E-state index contributed by atoms with van der Waals surface area (Å²) in [7, 11) is 0. The molecule has 7 nitrogen and oxygen atoms in total. The monoisotopic (exact) mass is 447 g/mol. The first-order valence-electron chi connectivity index (χ1n) is 11.3. The van der Waals surface area contributed by atoms with Gasteiger partial charge in [-0.25, -0.2) is 9.97 Å². The Bertz CT molecular complexity index is 1080. The van der Waals surface area contributed by atoms with Gasteiger partial charge in [0.25, 0.3) is 0 Å². The molecule has 3 saturated heterocycles. The van der Waals surface area contributed by atoms with Crippen molar-refractivity contribution in [3.05, 3.63) is 28.8 Å². The largest absolute Gasteiger partial charge is 0.367 e. The van der Waals surface area contributed by atoms with Crippen LogP contribution in [0.15, 0.2) is 23.3 Å². The highest BCUT2D eigenvalue weighted by Crippen LogP contribution is 2.58. The summed E-state index contributed by atoms with van der Waals surface area (Å²) in [6.07, 6.45) is 12.3. The molecule has 4 atom stereocenters. The van der Waals surface area contributed by atoms with Gasteiger partial charge in [-0.05, 0) is 52.7 Å². The van der Waals surface area contributed by atoms with E-state index in [0.29, 0.717) is 30.1 Å². The number of anilines is 3.